The number of benzene rings is 1. The number of aromatic nitrogens is 3. The molecule has 0 atom stereocenters. The number of thiazole rings is 1. The van der Waals surface area contributed by atoms with Gasteiger partial charge in [-0.25, -0.2) is 22.4 Å². The molecule has 3 aromatic heterocycles. The second-order valence-corrected chi connectivity index (χ2v) is 10.8. The van der Waals surface area contributed by atoms with E-state index >= 15 is 0 Å². The summed E-state index contributed by atoms with van der Waals surface area (Å²) in [5.41, 5.74) is 0.160. The van der Waals surface area contributed by atoms with Crippen LogP contribution in [0, 0.1) is 0 Å². The second kappa shape index (κ2) is 8.31. The van der Waals surface area contributed by atoms with E-state index < -0.39 is 21.9 Å². The first-order valence-electron chi connectivity index (χ1n) is 10.5. The maximum atomic E-state index is 13.4. The minimum Gasteiger partial charge on any atom is -0.300 e. The van der Waals surface area contributed by atoms with Crippen molar-refractivity contribution in [2.45, 2.75) is 42.7 Å². The molecule has 0 spiro atoms. The van der Waals surface area contributed by atoms with Gasteiger partial charge in [-0.05, 0) is 42.5 Å². The first-order valence-corrected chi connectivity index (χ1v) is 12.8. The van der Waals surface area contributed by atoms with Gasteiger partial charge >= 0.3 is 6.18 Å². The van der Waals surface area contributed by atoms with Crippen molar-refractivity contribution in [3.05, 3.63) is 65.4 Å². The minimum atomic E-state index is -4.61. The summed E-state index contributed by atoms with van der Waals surface area (Å²) in [6.07, 6.45) is 0.488. The van der Waals surface area contributed by atoms with Crippen LogP contribution in [0.25, 0.3) is 21.6 Å². The Balaban J connectivity index is 1.69. The molecule has 0 N–H and O–H groups in total. The van der Waals surface area contributed by atoms with Crippen LogP contribution in [-0.4, -0.2) is 28.1 Å². The highest BCUT2D eigenvalue weighted by Crippen LogP contribution is 2.39. The van der Waals surface area contributed by atoms with Gasteiger partial charge in [-0.15, -0.1) is 11.3 Å². The fourth-order valence-corrected chi connectivity index (χ4v) is 6.37. The molecule has 1 aliphatic carbocycles. The average Bonchev–Trinajstić information content (AvgIpc) is 3.45. The summed E-state index contributed by atoms with van der Waals surface area (Å²) in [5, 5.41) is 1.36. The zero-order valence-corrected chi connectivity index (χ0v) is 19.3. The van der Waals surface area contributed by atoms with Crippen molar-refractivity contribution in [2.24, 2.45) is 0 Å². The molecule has 4 aromatic rings. The molecule has 34 heavy (non-hydrogen) atoms. The number of halogens is 3. The number of rotatable bonds is 4. The van der Waals surface area contributed by atoms with Gasteiger partial charge in [0, 0.05) is 41.6 Å². The molecule has 1 aromatic carbocycles. The van der Waals surface area contributed by atoms with Gasteiger partial charge in [-0.3, -0.25) is 4.79 Å². The standard InChI is InChI=1S/C23H18F3N3O3S2/c24-23(25,26)20-13-33-22(28-20)19-12-29(34(31,32)17-4-2-1-3-5-17)21-18(19)10-15(11-27-21)14-6-8-16(30)9-7-14/h1-5,10-14H,6-9H2. The lowest BCUT2D eigenvalue weighted by Gasteiger charge is -2.21. The lowest BCUT2D eigenvalue weighted by atomic mass is 9.84. The summed E-state index contributed by atoms with van der Waals surface area (Å²) in [5.74, 6) is 0.270. The van der Waals surface area contributed by atoms with Crippen molar-refractivity contribution < 1.29 is 26.4 Å². The first-order chi connectivity index (χ1) is 16.1. The van der Waals surface area contributed by atoms with E-state index in [4.69, 9.17) is 0 Å². The Bertz CT molecular complexity index is 1480. The number of fused-ring (bicyclic) bond motifs is 1. The molecule has 0 bridgehead atoms. The SMILES string of the molecule is O=C1CCC(c2cnc3c(c2)c(-c2nc(C(F)(F)F)cs2)cn3S(=O)(=O)c2ccccc2)CC1. The van der Waals surface area contributed by atoms with Crippen molar-refractivity contribution in [2.75, 3.05) is 0 Å². The smallest absolute Gasteiger partial charge is 0.300 e. The van der Waals surface area contributed by atoms with Crippen molar-refractivity contribution >= 4 is 38.2 Å². The van der Waals surface area contributed by atoms with Gasteiger partial charge in [-0.1, -0.05) is 18.2 Å². The molecule has 1 fully saturated rings. The predicted octanol–water partition coefficient (Wildman–Crippen LogP) is 5.64. The van der Waals surface area contributed by atoms with Gasteiger partial charge in [0.2, 0.25) is 0 Å². The molecule has 0 aliphatic heterocycles. The number of nitrogens with zero attached hydrogens (tertiary/aromatic N) is 3. The van der Waals surface area contributed by atoms with E-state index in [0.29, 0.717) is 31.1 Å². The highest BCUT2D eigenvalue weighted by molar-refractivity contribution is 7.90. The lowest BCUT2D eigenvalue weighted by molar-refractivity contribution is -0.140. The number of ketones is 1. The van der Waals surface area contributed by atoms with Gasteiger partial charge in [0.1, 0.15) is 10.8 Å². The van der Waals surface area contributed by atoms with Gasteiger partial charge in [0.05, 0.1) is 4.90 Å². The fraction of sp³-hybridized carbons (Fsp3) is 0.261. The Labute approximate surface area is 197 Å². The van der Waals surface area contributed by atoms with Gasteiger partial charge in [0.25, 0.3) is 10.0 Å². The van der Waals surface area contributed by atoms with Crippen molar-refractivity contribution in [3.8, 4) is 10.6 Å². The van der Waals surface area contributed by atoms with Gasteiger partial charge in [0.15, 0.2) is 11.3 Å². The number of carbonyl (C=O) groups excluding carboxylic acids is 1. The summed E-state index contributed by atoms with van der Waals surface area (Å²) in [6, 6.07) is 9.52. The van der Waals surface area contributed by atoms with Crippen LogP contribution >= 0.6 is 11.3 Å². The van der Waals surface area contributed by atoms with Gasteiger partial charge < -0.3 is 0 Å². The van der Waals surface area contributed by atoms with Crippen LogP contribution in [0.4, 0.5) is 13.2 Å². The van der Waals surface area contributed by atoms with Crippen LogP contribution in [0.3, 0.4) is 0 Å². The predicted molar refractivity (Wildman–Crippen MR) is 121 cm³/mol. The third kappa shape index (κ3) is 4.03. The topological polar surface area (TPSA) is 81.9 Å². The molecular formula is C23H18F3N3O3S2. The van der Waals surface area contributed by atoms with E-state index in [-0.39, 0.29) is 32.8 Å². The van der Waals surface area contributed by atoms with Crippen molar-refractivity contribution in [1.29, 1.82) is 0 Å². The Hall–Kier alpha value is -3.05. The quantitative estimate of drug-likeness (QED) is 0.358. The van der Waals surface area contributed by atoms with Crippen LogP contribution in [0.2, 0.25) is 0 Å². The van der Waals surface area contributed by atoms with Crippen LogP contribution in [-0.2, 0) is 21.0 Å². The van der Waals surface area contributed by atoms with Crippen LogP contribution in [0.5, 0.6) is 0 Å². The second-order valence-electron chi connectivity index (χ2n) is 8.15. The number of alkyl halides is 3. The Morgan fingerprint density at radius 3 is 2.44 bits per heavy atom. The summed E-state index contributed by atoms with van der Waals surface area (Å²) in [4.78, 5) is 19.8. The zero-order valence-electron chi connectivity index (χ0n) is 17.6. The Morgan fingerprint density at radius 1 is 1.09 bits per heavy atom. The largest absolute Gasteiger partial charge is 0.434 e. The minimum absolute atomic E-state index is 0.0326. The van der Waals surface area contributed by atoms with E-state index in [0.717, 1.165) is 26.3 Å². The lowest BCUT2D eigenvalue weighted by Crippen LogP contribution is -2.13. The van der Waals surface area contributed by atoms with Crippen molar-refractivity contribution in [1.82, 2.24) is 13.9 Å². The summed E-state index contributed by atoms with van der Waals surface area (Å²) in [7, 11) is -4.06. The number of hydrogen-bond donors (Lipinski definition) is 0. The summed E-state index contributed by atoms with van der Waals surface area (Å²) >= 11 is 0.794. The maximum absolute atomic E-state index is 13.4. The van der Waals surface area contributed by atoms with E-state index in [2.05, 4.69) is 9.97 Å². The normalized spacial score (nSPS) is 15.8. The Kier molecular flexibility index (Phi) is 5.56. The zero-order chi connectivity index (χ0) is 24.1. The average molecular weight is 506 g/mol. The van der Waals surface area contributed by atoms with E-state index in [1.165, 1.54) is 18.3 Å². The molecule has 3 heterocycles. The number of Topliss-reactive ketones (excluding diaryl/α,β-unsaturated/α-hetero) is 1. The van der Waals surface area contributed by atoms with Crippen LogP contribution < -0.4 is 0 Å². The summed E-state index contributed by atoms with van der Waals surface area (Å²) in [6.45, 7) is 0. The van der Waals surface area contributed by atoms with E-state index in [9.17, 15) is 26.4 Å². The molecule has 0 saturated heterocycles. The summed E-state index contributed by atoms with van der Waals surface area (Å²) < 4.78 is 67.3. The third-order valence-electron chi connectivity index (χ3n) is 5.97. The molecule has 1 aliphatic rings. The first kappa shape index (κ1) is 22.7. The molecule has 0 unspecified atom stereocenters. The van der Waals surface area contributed by atoms with Gasteiger partial charge in [-0.2, -0.15) is 13.2 Å². The molecule has 5 rings (SSSR count). The molecule has 0 radical (unpaired) electrons. The molecule has 0 amide bonds. The van der Waals surface area contributed by atoms with E-state index in [1.54, 1.807) is 30.5 Å². The van der Waals surface area contributed by atoms with Crippen LogP contribution in [0.1, 0.15) is 42.9 Å². The highest BCUT2D eigenvalue weighted by atomic mass is 32.2. The van der Waals surface area contributed by atoms with E-state index in [1.807, 2.05) is 0 Å². The third-order valence-corrected chi connectivity index (χ3v) is 8.51. The van der Waals surface area contributed by atoms with Crippen molar-refractivity contribution in [3.63, 3.8) is 0 Å². The Morgan fingerprint density at radius 2 is 1.79 bits per heavy atom. The number of carbonyl (C=O) groups is 1. The monoisotopic (exact) mass is 505 g/mol. The van der Waals surface area contributed by atoms with Crippen LogP contribution in [0.15, 0.2) is 59.1 Å². The maximum Gasteiger partial charge on any atom is 0.434 e. The number of pyridine rings is 1. The fourth-order valence-electron chi connectivity index (χ4n) is 4.18. The molecule has 1 saturated carbocycles. The molecule has 6 nitrogen and oxygen atoms in total. The molecular weight excluding hydrogens is 487 g/mol. The molecule has 176 valence electrons. The molecule has 11 heteroatoms. The number of hydrogen-bond acceptors (Lipinski definition) is 6. The highest BCUT2D eigenvalue weighted by Gasteiger charge is 2.34.